The van der Waals surface area contributed by atoms with Gasteiger partial charge >= 0.3 is 0 Å². The van der Waals surface area contributed by atoms with E-state index in [0.717, 1.165) is 29.2 Å². The van der Waals surface area contributed by atoms with E-state index in [1.807, 2.05) is 28.0 Å². The number of amides is 1. The first-order chi connectivity index (χ1) is 12.7. The van der Waals surface area contributed by atoms with Gasteiger partial charge in [-0.15, -0.1) is 11.3 Å². The van der Waals surface area contributed by atoms with Crippen molar-refractivity contribution in [2.45, 2.75) is 39.0 Å². The maximum Gasteiger partial charge on any atom is 0.226 e. The van der Waals surface area contributed by atoms with Crippen molar-refractivity contribution in [3.8, 4) is 0 Å². The van der Waals surface area contributed by atoms with E-state index >= 15 is 0 Å². The van der Waals surface area contributed by atoms with E-state index in [1.54, 1.807) is 17.5 Å². The molecule has 2 aliphatic rings. The Kier molecular flexibility index (Phi) is 5.33. The number of carbonyl (C=O) groups is 1. The summed E-state index contributed by atoms with van der Waals surface area (Å²) < 4.78 is 13.3. The van der Waals surface area contributed by atoms with Crippen LogP contribution in [0.15, 0.2) is 17.6 Å². The van der Waals surface area contributed by atoms with Gasteiger partial charge in [0.1, 0.15) is 0 Å². The Hall–Kier alpha value is -1.77. The van der Waals surface area contributed by atoms with E-state index in [2.05, 4.69) is 10.1 Å². The molecule has 2 aromatic rings. The van der Waals surface area contributed by atoms with Gasteiger partial charge in [0.15, 0.2) is 0 Å². The van der Waals surface area contributed by atoms with Crippen molar-refractivity contribution in [2.24, 2.45) is 5.92 Å². The molecule has 140 valence electrons. The minimum Gasteiger partial charge on any atom is -0.381 e. The fourth-order valence-electron chi connectivity index (χ4n) is 3.66. The molecule has 1 unspecified atom stereocenters. The summed E-state index contributed by atoms with van der Waals surface area (Å²) in [6.07, 6.45) is 3.44. The average molecular weight is 376 g/mol. The first kappa shape index (κ1) is 17.6. The lowest BCUT2D eigenvalue weighted by molar-refractivity contribution is -0.141. The first-order valence-electron chi connectivity index (χ1n) is 9.08. The summed E-state index contributed by atoms with van der Waals surface area (Å²) >= 11 is 1.63. The highest BCUT2D eigenvalue weighted by atomic mass is 32.1. The molecule has 0 N–H and O–H groups in total. The van der Waals surface area contributed by atoms with Crippen molar-refractivity contribution in [1.29, 1.82) is 0 Å². The van der Waals surface area contributed by atoms with Gasteiger partial charge in [-0.05, 0) is 25.8 Å². The largest absolute Gasteiger partial charge is 0.381 e. The number of carbonyl (C=O) groups excluding carboxylic acids is 1. The van der Waals surface area contributed by atoms with Crippen LogP contribution in [-0.2, 0) is 27.4 Å². The van der Waals surface area contributed by atoms with Gasteiger partial charge in [-0.1, -0.05) is 0 Å². The fourth-order valence-corrected chi connectivity index (χ4v) is 4.25. The van der Waals surface area contributed by atoms with Crippen LogP contribution >= 0.6 is 11.3 Å². The molecule has 26 heavy (non-hydrogen) atoms. The van der Waals surface area contributed by atoms with E-state index in [1.165, 1.54) is 0 Å². The molecule has 0 spiro atoms. The topological polar surface area (TPSA) is 69.5 Å². The molecule has 1 saturated heterocycles. The van der Waals surface area contributed by atoms with Crippen molar-refractivity contribution >= 4 is 17.2 Å². The Labute approximate surface area is 156 Å². The van der Waals surface area contributed by atoms with Crippen LogP contribution in [0, 0.1) is 12.8 Å². The summed E-state index contributed by atoms with van der Waals surface area (Å²) in [4.78, 5) is 19.3. The molecule has 1 atom stereocenters. The van der Waals surface area contributed by atoms with Gasteiger partial charge in [0.2, 0.25) is 5.91 Å². The van der Waals surface area contributed by atoms with Crippen molar-refractivity contribution in [2.75, 3.05) is 26.4 Å². The predicted octanol–water partition coefficient (Wildman–Crippen LogP) is 2.17. The number of thiazole rings is 1. The Morgan fingerprint density at radius 1 is 1.42 bits per heavy atom. The van der Waals surface area contributed by atoms with E-state index in [9.17, 15) is 4.79 Å². The van der Waals surface area contributed by atoms with E-state index < -0.39 is 0 Å². The second-order valence-corrected chi connectivity index (χ2v) is 7.96. The Morgan fingerprint density at radius 3 is 3.04 bits per heavy atom. The molecule has 0 aliphatic carbocycles. The van der Waals surface area contributed by atoms with Gasteiger partial charge in [-0.2, -0.15) is 5.10 Å². The SMILES string of the molecule is Cc1nc(COCC2CN(C(=O)C3CCOCC3)Cc3ccnn32)cs1. The van der Waals surface area contributed by atoms with Gasteiger partial charge in [0.05, 0.1) is 42.2 Å². The van der Waals surface area contributed by atoms with Crippen molar-refractivity contribution in [3.63, 3.8) is 0 Å². The van der Waals surface area contributed by atoms with Crippen molar-refractivity contribution in [3.05, 3.63) is 34.0 Å². The standard InChI is InChI=1S/C18H24N4O3S/c1-13-20-15(12-26-13)10-25-11-17-9-21(8-16-2-5-19-22(16)17)18(23)14-3-6-24-7-4-14/h2,5,12,14,17H,3-4,6-11H2,1H3. The molecule has 1 fully saturated rings. The molecular formula is C18H24N4O3S. The number of rotatable bonds is 5. The smallest absolute Gasteiger partial charge is 0.226 e. The predicted molar refractivity (Wildman–Crippen MR) is 96.7 cm³/mol. The minimum atomic E-state index is 0.0391. The van der Waals surface area contributed by atoms with E-state index in [4.69, 9.17) is 9.47 Å². The van der Waals surface area contributed by atoms with Crippen LogP contribution in [0.25, 0.3) is 0 Å². The minimum absolute atomic E-state index is 0.0391. The zero-order valence-corrected chi connectivity index (χ0v) is 15.8. The van der Waals surface area contributed by atoms with Crippen LogP contribution in [0.2, 0.25) is 0 Å². The van der Waals surface area contributed by atoms with Crippen LogP contribution < -0.4 is 0 Å². The molecule has 1 amide bonds. The normalized spacial score (nSPS) is 21.0. The molecule has 0 radical (unpaired) electrons. The summed E-state index contributed by atoms with van der Waals surface area (Å²) in [5.74, 6) is 0.318. The molecule has 4 heterocycles. The Balaban J connectivity index is 1.40. The lowest BCUT2D eigenvalue weighted by atomic mass is 9.98. The third kappa shape index (κ3) is 3.82. The molecule has 8 heteroatoms. The van der Waals surface area contributed by atoms with Crippen molar-refractivity contribution in [1.82, 2.24) is 19.7 Å². The number of hydrogen-bond donors (Lipinski definition) is 0. The maximum atomic E-state index is 12.9. The Bertz CT molecular complexity index is 753. The number of aryl methyl sites for hydroxylation is 1. The van der Waals surface area contributed by atoms with E-state index in [-0.39, 0.29) is 17.9 Å². The summed E-state index contributed by atoms with van der Waals surface area (Å²) in [5, 5.41) is 7.51. The van der Waals surface area contributed by atoms with Crippen LogP contribution in [-0.4, -0.2) is 51.9 Å². The number of fused-ring (bicyclic) bond motifs is 1. The van der Waals surface area contributed by atoms with Crippen LogP contribution in [0.1, 0.15) is 35.3 Å². The second kappa shape index (κ2) is 7.85. The zero-order chi connectivity index (χ0) is 17.9. The molecule has 0 saturated carbocycles. The monoisotopic (exact) mass is 376 g/mol. The summed E-state index contributed by atoms with van der Waals surface area (Å²) in [6, 6.07) is 2.03. The van der Waals surface area contributed by atoms with Crippen molar-refractivity contribution < 1.29 is 14.3 Å². The number of nitrogens with zero attached hydrogens (tertiary/aromatic N) is 4. The summed E-state index contributed by atoms with van der Waals surface area (Å²) in [6.45, 7) is 5.63. The molecule has 2 aromatic heterocycles. The first-order valence-corrected chi connectivity index (χ1v) is 9.96. The molecule has 0 bridgehead atoms. The zero-order valence-electron chi connectivity index (χ0n) is 15.0. The van der Waals surface area contributed by atoms with Gasteiger partial charge in [0.25, 0.3) is 0 Å². The quantitative estimate of drug-likeness (QED) is 0.800. The highest BCUT2D eigenvalue weighted by Crippen LogP contribution is 2.25. The van der Waals surface area contributed by atoms with Gasteiger partial charge < -0.3 is 14.4 Å². The summed E-state index contributed by atoms with van der Waals surface area (Å²) in [5.41, 5.74) is 2.02. The number of ether oxygens (including phenoxy) is 2. The third-order valence-electron chi connectivity index (χ3n) is 4.99. The van der Waals surface area contributed by atoms with Gasteiger partial charge in [-0.25, -0.2) is 4.98 Å². The molecule has 0 aromatic carbocycles. The van der Waals surface area contributed by atoms with E-state index in [0.29, 0.717) is 39.5 Å². The lowest BCUT2D eigenvalue weighted by Gasteiger charge is -2.36. The number of hydrogen-bond acceptors (Lipinski definition) is 6. The highest BCUT2D eigenvalue weighted by molar-refractivity contribution is 7.09. The van der Waals surface area contributed by atoms with Crippen LogP contribution in [0.5, 0.6) is 0 Å². The van der Waals surface area contributed by atoms with Gasteiger partial charge in [0, 0.05) is 37.3 Å². The average Bonchev–Trinajstić information content (AvgIpc) is 3.30. The number of aromatic nitrogens is 3. The Morgan fingerprint density at radius 2 is 2.27 bits per heavy atom. The lowest BCUT2D eigenvalue weighted by Crippen LogP contribution is -2.46. The molecule has 4 rings (SSSR count). The third-order valence-corrected chi connectivity index (χ3v) is 5.81. The van der Waals surface area contributed by atoms with Gasteiger partial charge in [-0.3, -0.25) is 9.48 Å². The summed E-state index contributed by atoms with van der Waals surface area (Å²) in [7, 11) is 0. The highest BCUT2D eigenvalue weighted by Gasteiger charge is 2.32. The maximum absolute atomic E-state index is 12.9. The molecule has 2 aliphatic heterocycles. The molecular weight excluding hydrogens is 352 g/mol. The molecule has 7 nitrogen and oxygen atoms in total. The van der Waals surface area contributed by atoms with Crippen LogP contribution in [0.3, 0.4) is 0 Å². The van der Waals surface area contributed by atoms with Crippen LogP contribution in [0.4, 0.5) is 0 Å². The fraction of sp³-hybridized carbons (Fsp3) is 0.611. The second-order valence-electron chi connectivity index (χ2n) is 6.90.